The van der Waals surface area contributed by atoms with Gasteiger partial charge >= 0.3 is 0 Å². The minimum Gasteiger partial charge on any atom is -0.497 e. The fraction of sp³-hybridized carbons (Fsp3) is 0.286. The van der Waals surface area contributed by atoms with Crippen LogP contribution in [0.2, 0.25) is 0 Å². The molecule has 0 atom stereocenters. The summed E-state index contributed by atoms with van der Waals surface area (Å²) in [6.45, 7) is 0. The molecular weight excluding hydrogens is 216 g/mol. The number of hydrogen-bond donors (Lipinski definition) is 0. The molecule has 0 heterocycles. The number of ether oxygens (including phenoxy) is 1. The Labute approximate surface area is 101 Å². The largest absolute Gasteiger partial charge is 0.497 e. The quantitative estimate of drug-likeness (QED) is 0.314. The third kappa shape index (κ3) is 4.64. The molecule has 0 spiro atoms. The van der Waals surface area contributed by atoms with E-state index in [9.17, 15) is 9.59 Å². The number of carbonyl (C=O) groups is 2. The second-order valence-corrected chi connectivity index (χ2v) is 3.59. The van der Waals surface area contributed by atoms with E-state index in [2.05, 4.69) is 0 Å². The van der Waals surface area contributed by atoms with Crippen molar-refractivity contribution >= 4 is 12.1 Å². The molecule has 0 unspecified atom stereocenters. The van der Waals surface area contributed by atoms with Crippen molar-refractivity contribution < 1.29 is 14.3 Å². The van der Waals surface area contributed by atoms with Crippen LogP contribution in [0.15, 0.2) is 36.4 Å². The van der Waals surface area contributed by atoms with E-state index in [1.807, 2.05) is 0 Å². The number of aldehydes is 1. The molecule has 17 heavy (non-hydrogen) atoms. The van der Waals surface area contributed by atoms with Gasteiger partial charge in [-0.25, -0.2) is 0 Å². The van der Waals surface area contributed by atoms with Gasteiger partial charge in [0.1, 0.15) is 12.0 Å². The topological polar surface area (TPSA) is 43.4 Å². The van der Waals surface area contributed by atoms with Gasteiger partial charge in [0.2, 0.25) is 0 Å². The zero-order chi connectivity index (χ0) is 12.5. The Bertz CT molecular complexity index is 390. The van der Waals surface area contributed by atoms with Gasteiger partial charge in [-0.2, -0.15) is 0 Å². The molecule has 0 radical (unpaired) electrons. The van der Waals surface area contributed by atoms with E-state index in [-0.39, 0.29) is 5.78 Å². The van der Waals surface area contributed by atoms with Crippen molar-refractivity contribution in [1.29, 1.82) is 0 Å². The van der Waals surface area contributed by atoms with Gasteiger partial charge in [-0.15, -0.1) is 0 Å². The Morgan fingerprint density at radius 1 is 1.24 bits per heavy atom. The van der Waals surface area contributed by atoms with Gasteiger partial charge in [0.25, 0.3) is 0 Å². The third-order valence-electron chi connectivity index (χ3n) is 2.34. The van der Waals surface area contributed by atoms with E-state index in [0.717, 1.165) is 24.9 Å². The fourth-order valence-electron chi connectivity index (χ4n) is 1.36. The summed E-state index contributed by atoms with van der Waals surface area (Å²) in [5.74, 6) is 0.704. The molecule has 0 aliphatic heterocycles. The lowest BCUT2D eigenvalue weighted by Crippen LogP contribution is -1.94. The van der Waals surface area contributed by atoms with Crippen molar-refractivity contribution in [2.45, 2.75) is 19.3 Å². The van der Waals surface area contributed by atoms with Crippen molar-refractivity contribution in [3.8, 4) is 5.75 Å². The summed E-state index contributed by atoms with van der Waals surface area (Å²) in [4.78, 5) is 21.8. The lowest BCUT2D eigenvalue weighted by molar-refractivity contribution is -0.107. The number of hydrogen-bond acceptors (Lipinski definition) is 3. The van der Waals surface area contributed by atoms with Crippen LogP contribution >= 0.6 is 0 Å². The number of carbonyl (C=O) groups excluding carboxylic acids is 2. The van der Waals surface area contributed by atoms with Crippen molar-refractivity contribution in [2.24, 2.45) is 0 Å². The Balaban J connectivity index is 2.48. The summed E-state index contributed by atoms with van der Waals surface area (Å²) in [5, 5.41) is 0. The molecule has 0 saturated heterocycles. The SMILES string of the molecule is COc1ccc(C(=O)/C=C/CCCC=O)cc1. The van der Waals surface area contributed by atoms with Crippen molar-refractivity contribution in [3.63, 3.8) is 0 Å². The van der Waals surface area contributed by atoms with Gasteiger partial charge in [-0.1, -0.05) is 6.08 Å². The maximum atomic E-state index is 11.7. The fourth-order valence-corrected chi connectivity index (χ4v) is 1.36. The standard InChI is InChI=1S/C14H16O3/c1-17-13-9-7-12(8-10-13)14(16)6-4-2-3-5-11-15/h4,6-11H,2-3,5H2,1H3/b6-4+. The highest BCUT2D eigenvalue weighted by Gasteiger charge is 2.00. The number of unbranched alkanes of at least 4 members (excludes halogenated alkanes) is 2. The summed E-state index contributed by atoms with van der Waals surface area (Å²) in [7, 11) is 1.59. The van der Waals surface area contributed by atoms with Gasteiger partial charge in [-0.3, -0.25) is 4.79 Å². The minimum atomic E-state index is -0.0289. The molecule has 0 amide bonds. The van der Waals surface area contributed by atoms with Gasteiger partial charge in [0.05, 0.1) is 7.11 Å². The van der Waals surface area contributed by atoms with Crippen LogP contribution < -0.4 is 4.74 Å². The van der Waals surface area contributed by atoms with Crippen LogP contribution in [0.4, 0.5) is 0 Å². The summed E-state index contributed by atoms with van der Waals surface area (Å²) in [5.41, 5.74) is 0.637. The van der Waals surface area contributed by atoms with Gasteiger partial charge in [-0.05, 0) is 43.2 Å². The van der Waals surface area contributed by atoms with E-state index in [1.165, 1.54) is 0 Å². The lowest BCUT2D eigenvalue weighted by Gasteiger charge is -1.99. The predicted molar refractivity (Wildman–Crippen MR) is 66.4 cm³/mol. The Kier molecular flexibility index (Phi) is 5.72. The smallest absolute Gasteiger partial charge is 0.185 e. The minimum absolute atomic E-state index is 0.0289. The first-order chi connectivity index (χ1) is 8.27. The molecule has 1 aromatic rings. The number of methoxy groups -OCH3 is 1. The highest BCUT2D eigenvalue weighted by Crippen LogP contribution is 2.12. The maximum Gasteiger partial charge on any atom is 0.185 e. The zero-order valence-corrected chi connectivity index (χ0v) is 9.89. The molecule has 0 fully saturated rings. The molecule has 3 nitrogen and oxygen atoms in total. The van der Waals surface area contributed by atoms with Gasteiger partial charge in [0.15, 0.2) is 5.78 Å². The second-order valence-electron chi connectivity index (χ2n) is 3.59. The van der Waals surface area contributed by atoms with Crippen LogP contribution in [0.1, 0.15) is 29.6 Å². The zero-order valence-electron chi connectivity index (χ0n) is 9.89. The highest BCUT2D eigenvalue weighted by molar-refractivity contribution is 6.04. The monoisotopic (exact) mass is 232 g/mol. The maximum absolute atomic E-state index is 11.7. The first-order valence-corrected chi connectivity index (χ1v) is 5.56. The van der Waals surface area contributed by atoms with Gasteiger partial charge in [0, 0.05) is 12.0 Å². The average Bonchev–Trinajstić information content (AvgIpc) is 2.38. The summed E-state index contributed by atoms with van der Waals surface area (Å²) in [6.07, 6.45) is 6.32. The van der Waals surface area contributed by atoms with Crippen molar-refractivity contribution in [2.75, 3.05) is 7.11 Å². The third-order valence-corrected chi connectivity index (χ3v) is 2.34. The lowest BCUT2D eigenvalue weighted by atomic mass is 10.1. The molecule has 0 bridgehead atoms. The van der Waals surface area contributed by atoms with Crippen molar-refractivity contribution in [3.05, 3.63) is 42.0 Å². The molecule has 90 valence electrons. The molecular formula is C14H16O3. The van der Waals surface area contributed by atoms with Gasteiger partial charge < -0.3 is 9.53 Å². The van der Waals surface area contributed by atoms with E-state index >= 15 is 0 Å². The summed E-state index contributed by atoms with van der Waals surface area (Å²) < 4.78 is 5.01. The first kappa shape index (κ1) is 13.2. The average molecular weight is 232 g/mol. The Morgan fingerprint density at radius 3 is 2.53 bits per heavy atom. The Hall–Kier alpha value is -1.90. The molecule has 0 aliphatic carbocycles. The number of allylic oxidation sites excluding steroid dienone is 2. The molecule has 0 aliphatic rings. The van der Waals surface area contributed by atoms with E-state index in [0.29, 0.717) is 12.0 Å². The second kappa shape index (κ2) is 7.39. The van der Waals surface area contributed by atoms with Crippen LogP contribution in [0.5, 0.6) is 5.75 Å². The van der Waals surface area contributed by atoms with Crippen LogP contribution in [0.3, 0.4) is 0 Å². The summed E-state index contributed by atoms with van der Waals surface area (Å²) >= 11 is 0. The predicted octanol–water partition coefficient (Wildman–Crippen LogP) is 2.80. The van der Waals surface area contributed by atoms with Crippen LogP contribution in [-0.4, -0.2) is 19.2 Å². The number of rotatable bonds is 7. The normalized spacial score (nSPS) is 10.4. The molecule has 0 aromatic heterocycles. The van der Waals surface area contributed by atoms with E-state index in [1.54, 1.807) is 43.5 Å². The number of ketones is 1. The van der Waals surface area contributed by atoms with Crippen LogP contribution in [0.25, 0.3) is 0 Å². The molecule has 0 N–H and O–H groups in total. The molecule has 1 rings (SSSR count). The Morgan fingerprint density at radius 2 is 1.94 bits per heavy atom. The number of benzene rings is 1. The van der Waals surface area contributed by atoms with E-state index < -0.39 is 0 Å². The highest BCUT2D eigenvalue weighted by atomic mass is 16.5. The van der Waals surface area contributed by atoms with Crippen LogP contribution in [0, 0.1) is 0 Å². The van der Waals surface area contributed by atoms with Crippen molar-refractivity contribution in [1.82, 2.24) is 0 Å². The van der Waals surface area contributed by atoms with E-state index in [4.69, 9.17) is 4.74 Å². The summed E-state index contributed by atoms with van der Waals surface area (Å²) in [6, 6.07) is 6.98. The molecule has 1 aromatic carbocycles. The molecule has 3 heteroatoms. The molecule has 0 saturated carbocycles. The first-order valence-electron chi connectivity index (χ1n) is 5.56. The van der Waals surface area contributed by atoms with Crippen LogP contribution in [-0.2, 0) is 4.79 Å².